The molecule has 0 fully saturated rings. The van der Waals surface area contributed by atoms with E-state index < -0.39 is 12.1 Å². The van der Waals surface area contributed by atoms with Gasteiger partial charge in [-0.25, -0.2) is 0 Å². The van der Waals surface area contributed by atoms with Crippen molar-refractivity contribution in [2.45, 2.75) is 257 Å². The lowest BCUT2D eigenvalue weighted by Gasteiger charge is -2.20. The highest BCUT2D eigenvalue weighted by Gasteiger charge is 2.18. The fraction of sp³-hybridized carbons (Fsp3) is 0.778. The molecule has 348 valence electrons. The molecule has 0 rings (SSSR count). The van der Waals surface area contributed by atoms with Crippen LogP contribution in [0.15, 0.2) is 60.8 Å². The number of esters is 1. The van der Waals surface area contributed by atoms with Crippen LogP contribution >= 0.6 is 0 Å². The van der Waals surface area contributed by atoms with Gasteiger partial charge in [0.05, 0.1) is 25.4 Å². The van der Waals surface area contributed by atoms with Crippen LogP contribution < -0.4 is 5.32 Å². The highest BCUT2D eigenvalue weighted by molar-refractivity contribution is 5.76. The van der Waals surface area contributed by atoms with Crippen LogP contribution in [0.2, 0.25) is 0 Å². The van der Waals surface area contributed by atoms with Crippen LogP contribution in [-0.4, -0.2) is 47.4 Å². The average Bonchev–Trinajstić information content (AvgIpc) is 3.25. The van der Waals surface area contributed by atoms with Crippen molar-refractivity contribution in [3.05, 3.63) is 60.8 Å². The monoisotopic (exact) mass is 840 g/mol. The first kappa shape index (κ1) is 57.6. The minimum atomic E-state index is -0.850. The van der Waals surface area contributed by atoms with Crippen molar-refractivity contribution in [2.75, 3.05) is 13.2 Å². The van der Waals surface area contributed by atoms with E-state index in [0.29, 0.717) is 19.4 Å². The number of amides is 1. The Balaban J connectivity index is 3.51. The number of nitrogens with one attached hydrogen (secondary N) is 1. The maximum Gasteiger partial charge on any atom is 0.305 e. The molecule has 6 heteroatoms. The third-order valence-corrected chi connectivity index (χ3v) is 11.3. The van der Waals surface area contributed by atoms with Gasteiger partial charge in [0.2, 0.25) is 5.91 Å². The molecule has 0 bridgehead atoms. The molecule has 0 saturated carbocycles. The molecule has 0 aromatic heterocycles. The Kier molecular flexibility index (Phi) is 47.2. The molecule has 1 amide bonds. The maximum atomic E-state index is 12.4. The van der Waals surface area contributed by atoms with Crippen LogP contribution in [0.4, 0.5) is 0 Å². The number of unbranched alkanes of at least 4 members (excludes halogenated alkanes) is 28. The van der Waals surface area contributed by atoms with Crippen LogP contribution in [0.1, 0.15) is 245 Å². The minimum absolute atomic E-state index is 0.0302. The summed E-state index contributed by atoms with van der Waals surface area (Å²) in [5.74, 6) is -0.112. The SMILES string of the molecule is CCCC/C=C\C/C=C\CCCCCCCC(=O)OCCCCC/C=C\C=C/CCCCCCCCCCCCC(=O)NC(CO)C(O)/C=C/CCCCCCCCCC. The number of hydrogen-bond acceptors (Lipinski definition) is 5. The van der Waals surface area contributed by atoms with E-state index in [1.165, 1.54) is 128 Å². The average molecular weight is 840 g/mol. The molecular weight excluding hydrogens is 743 g/mol. The lowest BCUT2D eigenvalue weighted by atomic mass is 10.0. The molecule has 3 N–H and O–H groups in total. The minimum Gasteiger partial charge on any atom is -0.466 e. The molecule has 0 aromatic carbocycles. The first-order valence-electron chi connectivity index (χ1n) is 25.6. The molecule has 2 unspecified atom stereocenters. The first-order valence-corrected chi connectivity index (χ1v) is 25.6. The Labute approximate surface area is 371 Å². The number of carbonyl (C=O) groups is 2. The Bertz CT molecular complexity index is 1060. The number of ether oxygens (including phenoxy) is 1. The number of rotatable bonds is 46. The van der Waals surface area contributed by atoms with Gasteiger partial charge < -0.3 is 20.3 Å². The summed E-state index contributed by atoms with van der Waals surface area (Å²) >= 11 is 0. The van der Waals surface area contributed by atoms with Crippen molar-refractivity contribution in [3.63, 3.8) is 0 Å². The highest BCUT2D eigenvalue weighted by Crippen LogP contribution is 2.14. The van der Waals surface area contributed by atoms with Crippen molar-refractivity contribution in [3.8, 4) is 0 Å². The summed E-state index contributed by atoms with van der Waals surface area (Å²) in [4.78, 5) is 24.4. The van der Waals surface area contributed by atoms with Crippen LogP contribution in [-0.2, 0) is 14.3 Å². The molecule has 0 radical (unpaired) electrons. The third kappa shape index (κ3) is 45.1. The van der Waals surface area contributed by atoms with Gasteiger partial charge in [0.25, 0.3) is 0 Å². The van der Waals surface area contributed by atoms with Crippen LogP contribution in [0.25, 0.3) is 0 Å². The summed E-state index contributed by atoms with van der Waals surface area (Å²) < 4.78 is 5.43. The normalized spacial score (nSPS) is 13.2. The van der Waals surface area contributed by atoms with Crippen LogP contribution in [0, 0.1) is 0 Å². The topological polar surface area (TPSA) is 95.9 Å². The van der Waals surface area contributed by atoms with Gasteiger partial charge >= 0.3 is 5.97 Å². The third-order valence-electron chi connectivity index (χ3n) is 11.3. The molecule has 0 heterocycles. The zero-order valence-electron chi connectivity index (χ0n) is 39.4. The highest BCUT2D eigenvalue weighted by atomic mass is 16.5. The van der Waals surface area contributed by atoms with Gasteiger partial charge in [-0.1, -0.05) is 203 Å². The van der Waals surface area contributed by atoms with Gasteiger partial charge in [0, 0.05) is 12.8 Å². The van der Waals surface area contributed by atoms with E-state index in [9.17, 15) is 19.8 Å². The molecule has 0 aromatic rings. The smallest absolute Gasteiger partial charge is 0.305 e. The van der Waals surface area contributed by atoms with Crippen LogP contribution in [0.5, 0.6) is 0 Å². The summed E-state index contributed by atoms with van der Waals surface area (Å²) in [5.41, 5.74) is 0. The van der Waals surface area contributed by atoms with Crippen molar-refractivity contribution in [1.29, 1.82) is 0 Å². The van der Waals surface area contributed by atoms with Crippen molar-refractivity contribution in [1.82, 2.24) is 5.32 Å². The van der Waals surface area contributed by atoms with E-state index in [1.807, 2.05) is 6.08 Å². The van der Waals surface area contributed by atoms with E-state index >= 15 is 0 Å². The molecule has 0 spiro atoms. The standard InChI is InChI=1S/C54H97NO5/c1-3-5-7-9-11-13-15-16-25-28-32-36-40-44-48-54(59)60-49-45-41-37-33-29-26-23-21-19-17-18-20-22-24-27-31-35-39-43-47-53(58)55-51(50-56)52(57)46-42-38-34-30-14-12-10-8-6-4-2/h9,11,15-16,21,23,26,29,42,46,51-52,56-57H,3-8,10,12-14,17-20,22,24-25,27-28,30-41,43-45,47-50H2,1-2H3,(H,55,58)/b11-9-,16-15-,23-21-,29-26-,46-42+. The lowest BCUT2D eigenvalue weighted by molar-refractivity contribution is -0.143. The Morgan fingerprint density at radius 2 is 0.900 bits per heavy atom. The molecule has 0 aliphatic carbocycles. The van der Waals surface area contributed by atoms with Crippen molar-refractivity contribution < 1.29 is 24.5 Å². The van der Waals surface area contributed by atoms with Crippen molar-refractivity contribution in [2.24, 2.45) is 0 Å². The molecular formula is C54H97NO5. The predicted octanol–water partition coefficient (Wildman–Crippen LogP) is 15.2. The van der Waals surface area contributed by atoms with Crippen LogP contribution in [0.3, 0.4) is 0 Å². The van der Waals surface area contributed by atoms with E-state index in [0.717, 1.165) is 89.9 Å². The summed E-state index contributed by atoms with van der Waals surface area (Å²) in [5, 5.41) is 22.9. The fourth-order valence-corrected chi connectivity index (χ4v) is 7.29. The van der Waals surface area contributed by atoms with Gasteiger partial charge in [0.1, 0.15) is 0 Å². The van der Waals surface area contributed by atoms with Gasteiger partial charge in [-0.2, -0.15) is 0 Å². The van der Waals surface area contributed by atoms with Crippen molar-refractivity contribution >= 4 is 11.9 Å². The van der Waals surface area contributed by atoms with Gasteiger partial charge in [-0.05, 0) is 89.9 Å². The number of allylic oxidation sites excluding steroid dienone is 9. The molecule has 0 aliphatic rings. The lowest BCUT2D eigenvalue weighted by Crippen LogP contribution is -2.45. The Hall–Kier alpha value is -2.44. The first-order chi connectivity index (χ1) is 29.5. The largest absolute Gasteiger partial charge is 0.466 e. The predicted molar refractivity (Wildman–Crippen MR) is 259 cm³/mol. The van der Waals surface area contributed by atoms with E-state index in [-0.39, 0.29) is 18.5 Å². The Morgan fingerprint density at radius 1 is 0.483 bits per heavy atom. The summed E-state index contributed by atoms with van der Waals surface area (Å²) in [6.45, 7) is 4.78. The van der Waals surface area contributed by atoms with E-state index in [2.05, 4.69) is 67.8 Å². The number of carbonyl (C=O) groups excluding carboxylic acids is 2. The second kappa shape index (κ2) is 49.2. The molecule has 0 aliphatic heterocycles. The van der Waals surface area contributed by atoms with Gasteiger partial charge in [-0.3, -0.25) is 9.59 Å². The summed E-state index contributed by atoms with van der Waals surface area (Å²) in [6, 6.07) is -0.635. The van der Waals surface area contributed by atoms with E-state index in [1.54, 1.807) is 6.08 Å². The summed E-state index contributed by atoms with van der Waals surface area (Å²) in [7, 11) is 0. The number of aliphatic hydroxyl groups is 2. The molecule has 0 saturated heterocycles. The summed E-state index contributed by atoms with van der Waals surface area (Å²) in [6.07, 6.45) is 62.3. The van der Waals surface area contributed by atoms with E-state index in [4.69, 9.17) is 4.74 Å². The van der Waals surface area contributed by atoms with Gasteiger partial charge in [-0.15, -0.1) is 0 Å². The quantitative estimate of drug-likeness (QED) is 0.0246. The second-order valence-electron chi connectivity index (χ2n) is 17.2. The fourth-order valence-electron chi connectivity index (χ4n) is 7.29. The maximum absolute atomic E-state index is 12.4. The zero-order chi connectivity index (χ0) is 43.7. The second-order valence-corrected chi connectivity index (χ2v) is 17.2. The Morgan fingerprint density at radius 3 is 1.42 bits per heavy atom. The molecule has 60 heavy (non-hydrogen) atoms. The van der Waals surface area contributed by atoms with Gasteiger partial charge in [0.15, 0.2) is 0 Å². The molecule has 2 atom stereocenters. The zero-order valence-corrected chi connectivity index (χ0v) is 39.4. The number of hydrogen-bond donors (Lipinski definition) is 3. The molecule has 6 nitrogen and oxygen atoms in total. The number of aliphatic hydroxyl groups excluding tert-OH is 2.